The summed E-state index contributed by atoms with van der Waals surface area (Å²) in [5.41, 5.74) is 0. The lowest BCUT2D eigenvalue weighted by Crippen LogP contribution is -2.11. The zero-order valence-electron chi connectivity index (χ0n) is 3.70. The lowest BCUT2D eigenvalue weighted by atomic mass is 10.7. The fourth-order valence-electron chi connectivity index (χ4n) is 0.122. The van der Waals surface area contributed by atoms with Gasteiger partial charge in [0.05, 0.1) is 0 Å². The fourth-order valence-corrected chi connectivity index (χ4v) is 0.122. The molecule has 0 bridgehead atoms. The Balaban J connectivity index is 3.55. The Kier molecular flexibility index (Phi) is 2.21. The summed E-state index contributed by atoms with van der Waals surface area (Å²) in [5.74, 6) is 0. The summed E-state index contributed by atoms with van der Waals surface area (Å²) in [4.78, 5) is 11.4. The molecule has 2 nitrogen and oxygen atoms in total. The number of hydrogen-bond donors (Lipinski definition) is 0. The Morgan fingerprint density at radius 3 is 2.12 bits per heavy atom. The zero-order valence-corrected chi connectivity index (χ0v) is 3.70. The van der Waals surface area contributed by atoms with E-state index in [0.717, 1.165) is 6.08 Å². The highest BCUT2D eigenvalue weighted by atomic mass is 19.4. The summed E-state index contributed by atoms with van der Waals surface area (Å²) in [6, 6.07) is 0. The molecule has 0 aromatic heterocycles. The Bertz CT molecular complexity index is 112. The van der Waals surface area contributed by atoms with E-state index < -0.39 is 12.7 Å². The molecule has 0 aliphatic rings. The van der Waals surface area contributed by atoms with Gasteiger partial charge in [-0.25, -0.2) is 4.79 Å². The maximum absolute atomic E-state index is 11.0. The molecule has 0 saturated carbocycles. The van der Waals surface area contributed by atoms with Crippen molar-refractivity contribution in [2.24, 2.45) is 4.99 Å². The van der Waals surface area contributed by atoms with Gasteiger partial charge in [-0.1, -0.05) is 0 Å². The van der Waals surface area contributed by atoms with Crippen molar-refractivity contribution in [3.8, 4) is 0 Å². The van der Waals surface area contributed by atoms with Gasteiger partial charge in [-0.3, -0.25) is 0 Å². The van der Waals surface area contributed by atoms with Crippen molar-refractivity contribution >= 4 is 6.08 Å². The van der Waals surface area contributed by atoms with Crippen LogP contribution >= 0.6 is 0 Å². The van der Waals surface area contributed by atoms with Crippen LogP contribution in [0, 0.1) is 0 Å². The van der Waals surface area contributed by atoms with Crippen LogP contribution in [-0.4, -0.2) is 18.8 Å². The number of alkyl halides is 3. The molecular weight excluding hydrogens is 123 g/mol. The molecule has 0 aromatic carbocycles. The van der Waals surface area contributed by atoms with Gasteiger partial charge >= 0.3 is 6.18 Å². The molecule has 0 aliphatic heterocycles. The largest absolute Gasteiger partial charge is 0.408 e. The molecule has 0 unspecified atom stereocenters. The molecule has 0 heterocycles. The highest BCUT2D eigenvalue weighted by molar-refractivity contribution is 5.32. The number of aliphatic imine (C=N–C) groups is 1. The van der Waals surface area contributed by atoms with Crippen LogP contribution in [0.4, 0.5) is 13.2 Å². The molecule has 0 spiro atoms. The Morgan fingerprint density at radius 1 is 1.50 bits per heavy atom. The molecule has 0 aliphatic carbocycles. The van der Waals surface area contributed by atoms with Gasteiger partial charge in [-0.2, -0.15) is 18.2 Å². The quantitative estimate of drug-likeness (QED) is 0.378. The van der Waals surface area contributed by atoms with Crippen molar-refractivity contribution in [1.82, 2.24) is 0 Å². The molecule has 0 saturated heterocycles. The average molecular weight is 125 g/mol. The van der Waals surface area contributed by atoms with Gasteiger partial charge in [0.1, 0.15) is 6.54 Å². The van der Waals surface area contributed by atoms with Crippen molar-refractivity contribution in [2.45, 2.75) is 6.18 Å². The van der Waals surface area contributed by atoms with E-state index in [1.54, 1.807) is 0 Å². The lowest BCUT2D eigenvalue weighted by molar-refractivity contribution is -0.118. The maximum Gasteiger partial charge on any atom is 0.408 e. The second-order valence-corrected chi connectivity index (χ2v) is 1.02. The third-order valence-corrected chi connectivity index (χ3v) is 0.323. The topological polar surface area (TPSA) is 29.4 Å². The fraction of sp³-hybridized carbons (Fsp3) is 0.667. The molecule has 0 radical (unpaired) electrons. The van der Waals surface area contributed by atoms with Gasteiger partial charge in [-0.05, 0) is 0 Å². The third kappa shape index (κ3) is 5.17. The second-order valence-electron chi connectivity index (χ2n) is 1.02. The SMILES string of the molecule is O=C=NCC(F)(F)F. The summed E-state index contributed by atoms with van der Waals surface area (Å²) in [5, 5.41) is 0. The molecule has 46 valence electrons. The Labute approximate surface area is 43.0 Å². The molecule has 8 heavy (non-hydrogen) atoms. The number of hydrogen-bond acceptors (Lipinski definition) is 2. The van der Waals surface area contributed by atoms with Crippen LogP contribution in [0.25, 0.3) is 0 Å². The van der Waals surface area contributed by atoms with E-state index in [1.165, 1.54) is 0 Å². The number of nitrogens with zero attached hydrogens (tertiary/aromatic N) is 1. The van der Waals surface area contributed by atoms with Crippen molar-refractivity contribution in [1.29, 1.82) is 0 Å². The molecule has 0 N–H and O–H groups in total. The predicted molar refractivity (Wildman–Crippen MR) is 19.0 cm³/mol. The van der Waals surface area contributed by atoms with Gasteiger partial charge in [0, 0.05) is 0 Å². The molecule has 5 heteroatoms. The van der Waals surface area contributed by atoms with Crippen LogP contribution in [0.5, 0.6) is 0 Å². The van der Waals surface area contributed by atoms with Crippen molar-refractivity contribution in [2.75, 3.05) is 6.54 Å². The minimum Gasteiger partial charge on any atom is -0.211 e. The van der Waals surface area contributed by atoms with Crippen LogP contribution in [-0.2, 0) is 4.79 Å². The minimum absolute atomic E-state index is 0.779. The van der Waals surface area contributed by atoms with E-state index in [9.17, 15) is 13.2 Å². The van der Waals surface area contributed by atoms with Crippen molar-refractivity contribution in [3.63, 3.8) is 0 Å². The number of carbonyl (C=O) groups excluding carboxylic acids is 1. The van der Waals surface area contributed by atoms with E-state index in [2.05, 4.69) is 4.99 Å². The summed E-state index contributed by atoms with van der Waals surface area (Å²) in [7, 11) is 0. The first-order chi connectivity index (χ1) is 3.56. The van der Waals surface area contributed by atoms with Gasteiger partial charge in [-0.15, -0.1) is 0 Å². The van der Waals surface area contributed by atoms with Gasteiger partial charge in [0.2, 0.25) is 6.08 Å². The Hall–Kier alpha value is -0.830. The smallest absolute Gasteiger partial charge is 0.211 e. The molecule has 0 atom stereocenters. The van der Waals surface area contributed by atoms with Crippen LogP contribution in [0.1, 0.15) is 0 Å². The first kappa shape index (κ1) is 7.17. The molecule has 0 rings (SSSR count). The predicted octanol–water partition coefficient (Wildman–Crippen LogP) is 0.885. The van der Waals surface area contributed by atoms with Crippen LogP contribution < -0.4 is 0 Å². The van der Waals surface area contributed by atoms with Gasteiger partial charge in [0.15, 0.2) is 0 Å². The van der Waals surface area contributed by atoms with Crippen LogP contribution in [0.3, 0.4) is 0 Å². The van der Waals surface area contributed by atoms with Crippen molar-refractivity contribution < 1.29 is 18.0 Å². The highest BCUT2D eigenvalue weighted by Gasteiger charge is 2.26. The summed E-state index contributed by atoms with van der Waals surface area (Å²) in [6.07, 6.45) is -3.60. The molecule has 0 aromatic rings. The third-order valence-electron chi connectivity index (χ3n) is 0.323. The Morgan fingerprint density at radius 2 is 2.00 bits per heavy atom. The molecule has 0 amide bonds. The number of rotatable bonds is 1. The van der Waals surface area contributed by atoms with Crippen LogP contribution in [0.2, 0.25) is 0 Å². The monoisotopic (exact) mass is 125 g/mol. The first-order valence-electron chi connectivity index (χ1n) is 1.66. The summed E-state index contributed by atoms with van der Waals surface area (Å²) >= 11 is 0. The van der Waals surface area contributed by atoms with E-state index >= 15 is 0 Å². The summed E-state index contributed by atoms with van der Waals surface area (Å²) in [6.45, 7) is -1.43. The number of halogens is 3. The van der Waals surface area contributed by atoms with E-state index in [1.807, 2.05) is 0 Å². The van der Waals surface area contributed by atoms with E-state index in [0.29, 0.717) is 0 Å². The second kappa shape index (κ2) is 2.47. The standard InChI is InChI=1S/C3H2F3NO/c4-3(5,6)1-7-2-8/h1H2. The maximum atomic E-state index is 11.0. The average Bonchev–Trinajstić information content (AvgIpc) is 1.59. The lowest BCUT2D eigenvalue weighted by Gasteiger charge is -1.96. The number of isocyanates is 1. The zero-order chi connectivity index (χ0) is 6.62. The van der Waals surface area contributed by atoms with Crippen molar-refractivity contribution in [3.05, 3.63) is 0 Å². The first-order valence-corrected chi connectivity index (χ1v) is 1.66. The van der Waals surface area contributed by atoms with Gasteiger partial charge in [0.25, 0.3) is 0 Å². The molecular formula is C3H2F3NO. The van der Waals surface area contributed by atoms with Gasteiger partial charge < -0.3 is 0 Å². The highest BCUT2D eigenvalue weighted by Crippen LogP contribution is 2.13. The normalized spacial score (nSPS) is 10.4. The van der Waals surface area contributed by atoms with E-state index in [-0.39, 0.29) is 0 Å². The summed E-state index contributed by atoms with van der Waals surface area (Å²) < 4.78 is 32.9. The minimum atomic E-state index is -4.38. The molecule has 0 fully saturated rings. The van der Waals surface area contributed by atoms with Crippen LogP contribution in [0.15, 0.2) is 4.99 Å². The van der Waals surface area contributed by atoms with E-state index in [4.69, 9.17) is 4.79 Å².